The molecule has 0 spiro atoms. The lowest BCUT2D eigenvalue weighted by molar-refractivity contribution is -0.125. The topological polar surface area (TPSA) is 70.7 Å². The molecule has 0 saturated carbocycles. The number of benzene rings is 2. The van der Waals surface area contributed by atoms with E-state index in [1.54, 1.807) is 24.3 Å². The number of nitrogens with one attached hydrogen (secondary N) is 2. The maximum Gasteiger partial charge on any atom is 0.258 e. The number of amides is 2. The molecule has 2 N–H and O–H groups in total. The van der Waals surface area contributed by atoms with Crippen LogP contribution in [-0.2, 0) is 9.59 Å². The third-order valence-corrected chi connectivity index (χ3v) is 4.50. The minimum absolute atomic E-state index is 0.114. The van der Waals surface area contributed by atoms with Crippen molar-refractivity contribution in [2.75, 3.05) is 36.5 Å². The van der Waals surface area contributed by atoms with Crippen LogP contribution in [0.15, 0.2) is 48.5 Å². The van der Waals surface area contributed by atoms with Gasteiger partial charge in [0.05, 0.1) is 6.54 Å². The maximum atomic E-state index is 12.0. The Hall–Kier alpha value is -2.73. The van der Waals surface area contributed by atoms with Gasteiger partial charge < -0.3 is 20.3 Å². The minimum Gasteiger partial charge on any atom is -0.484 e. The molecule has 2 aromatic carbocycles. The molecule has 2 aromatic rings. The zero-order valence-electron chi connectivity index (χ0n) is 14.9. The predicted molar refractivity (Wildman–Crippen MR) is 106 cm³/mol. The van der Waals surface area contributed by atoms with E-state index in [1.165, 1.54) is 12.8 Å². The van der Waals surface area contributed by atoms with Crippen LogP contribution in [0.3, 0.4) is 0 Å². The Morgan fingerprint density at radius 3 is 2.30 bits per heavy atom. The van der Waals surface area contributed by atoms with Gasteiger partial charge in [0.15, 0.2) is 6.61 Å². The van der Waals surface area contributed by atoms with Gasteiger partial charge in [0.2, 0.25) is 5.91 Å². The number of hydrogen-bond donors (Lipinski definition) is 2. The molecule has 7 heteroatoms. The lowest BCUT2D eigenvalue weighted by atomic mass is 10.2. The molecule has 1 aliphatic heterocycles. The molecule has 1 aliphatic rings. The molecule has 1 fully saturated rings. The van der Waals surface area contributed by atoms with E-state index >= 15 is 0 Å². The average molecular weight is 388 g/mol. The van der Waals surface area contributed by atoms with Crippen LogP contribution in [0.1, 0.15) is 12.8 Å². The molecule has 0 atom stereocenters. The molecule has 0 unspecified atom stereocenters. The fraction of sp³-hybridized carbons (Fsp3) is 0.300. The van der Waals surface area contributed by atoms with Crippen LogP contribution in [0.2, 0.25) is 5.02 Å². The van der Waals surface area contributed by atoms with Crippen LogP contribution < -0.4 is 20.3 Å². The maximum absolute atomic E-state index is 12.0. The van der Waals surface area contributed by atoms with Crippen LogP contribution in [0.5, 0.6) is 5.75 Å². The SMILES string of the molecule is O=C(COc1ccc(Cl)cc1)NCC(=O)Nc1ccc(N2CCCC2)cc1. The zero-order valence-corrected chi connectivity index (χ0v) is 15.7. The molecule has 6 nitrogen and oxygen atoms in total. The van der Waals surface area contributed by atoms with Crippen molar-refractivity contribution in [2.45, 2.75) is 12.8 Å². The number of ether oxygens (including phenoxy) is 1. The van der Waals surface area contributed by atoms with E-state index in [-0.39, 0.29) is 25.0 Å². The molecule has 3 rings (SSSR count). The summed E-state index contributed by atoms with van der Waals surface area (Å²) in [5, 5.41) is 5.89. The molecule has 0 aromatic heterocycles. The van der Waals surface area contributed by atoms with Gasteiger partial charge in [-0.15, -0.1) is 0 Å². The molecule has 1 saturated heterocycles. The van der Waals surface area contributed by atoms with Crippen LogP contribution in [0.4, 0.5) is 11.4 Å². The molecule has 0 aliphatic carbocycles. The van der Waals surface area contributed by atoms with Crippen molar-refractivity contribution < 1.29 is 14.3 Å². The van der Waals surface area contributed by atoms with E-state index < -0.39 is 0 Å². The Morgan fingerprint density at radius 2 is 1.63 bits per heavy atom. The van der Waals surface area contributed by atoms with Gasteiger partial charge in [-0.2, -0.15) is 0 Å². The van der Waals surface area contributed by atoms with Crippen molar-refractivity contribution in [3.63, 3.8) is 0 Å². The zero-order chi connectivity index (χ0) is 19.1. The van der Waals surface area contributed by atoms with Gasteiger partial charge in [0, 0.05) is 29.5 Å². The third-order valence-electron chi connectivity index (χ3n) is 4.25. The number of carbonyl (C=O) groups excluding carboxylic acids is 2. The number of nitrogens with zero attached hydrogens (tertiary/aromatic N) is 1. The van der Waals surface area contributed by atoms with Gasteiger partial charge in [0.1, 0.15) is 5.75 Å². The fourth-order valence-electron chi connectivity index (χ4n) is 2.85. The summed E-state index contributed by atoms with van der Waals surface area (Å²) in [7, 11) is 0. The van der Waals surface area contributed by atoms with Crippen LogP contribution in [-0.4, -0.2) is 38.1 Å². The summed E-state index contributed by atoms with van der Waals surface area (Å²) in [6.07, 6.45) is 2.44. The first-order chi connectivity index (χ1) is 13.1. The van der Waals surface area contributed by atoms with E-state index in [0.29, 0.717) is 16.5 Å². The summed E-state index contributed by atoms with van der Waals surface area (Å²) in [6.45, 7) is 1.88. The van der Waals surface area contributed by atoms with Gasteiger partial charge in [-0.3, -0.25) is 9.59 Å². The molecular formula is C20H22ClN3O3. The summed E-state index contributed by atoms with van der Waals surface area (Å²) in [4.78, 5) is 26.1. The highest BCUT2D eigenvalue weighted by Gasteiger charge is 2.12. The Balaban J connectivity index is 1.38. The highest BCUT2D eigenvalue weighted by atomic mass is 35.5. The van der Waals surface area contributed by atoms with Crippen molar-refractivity contribution in [3.05, 3.63) is 53.6 Å². The number of anilines is 2. The largest absolute Gasteiger partial charge is 0.484 e. The van der Waals surface area contributed by atoms with Gasteiger partial charge in [-0.05, 0) is 61.4 Å². The standard InChI is InChI=1S/C20H22ClN3O3/c21-15-3-9-18(10-4-15)27-14-20(26)22-13-19(25)23-16-5-7-17(8-6-16)24-11-1-2-12-24/h3-10H,1-2,11-14H2,(H,22,26)(H,23,25). The van der Waals surface area contributed by atoms with Crippen LogP contribution in [0.25, 0.3) is 0 Å². The van der Waals surface area contributed by atoms with E-state index in [0.717, 1.165) is 18.8 Å². The molecule has 0 bridgehead atoms. The van der Waals surface area contributed by atoms with Gasteiger partial charge in [-0.25, -0.2) is 0 Å². The second kappa shape index (κ2) is 9.28. The smallest absolute Gasteiger partial charge is 0.258 e. The Morgan fingerprint density at radius 1 is 0.963 bits per heavy atom. The second-order valence-corrected chi connectivity index (χ2v) is 6.74. The van der Waals surface area contributed by atoms with Crippen molar-refractivity contribution in [3.8, 4) is 5.75 Å². The lowest BCUT2D eigenvalue weighted by Crippen LogP contribution is -2.35. The normalized spacial score (nSPS) is 13.3. The third kappa shape index (κ3) is 5.89. The summed E-state index contributed by atoms with van der Waals surface area (Å²) in [6, 6.07) is 14.4. The highest BCUT2D eigenvalue weighted by Crippen LogP contribution is 2.22. The molecule has 142 valence electrons. The first-order valence-corrected chi connectivity index (χ1v) is 9.28. The van der Waals surface area contributed by atoms with Crippen molar-refractivity contribution in [1.29, 1.82) is 0 Å². The van der Waals surface area contributed by atoms with Crippen molar-refractivity contribution in [1.82, 2.24) is 5.32 Å². The van der Waals surface area contributed by atoms with E-state index in [2.05, 4.69) is 15.5 Å². The van der Waals surface area contributed by atoms with Crippen LogP contribution in [0, 0.1) is 0 Å². The van der Waals surface area contributed by atoms with Crippen LogP contribution >= 0.6 is 11.6 Å². The minimum atomic E-state index is -0.371. The molecule has 2 amide bonds. The summed E-state index contributed by atoms with van der Waals surface area (Å²) in [5.41, 5.74) is 1.87. The number of hydrogen-bond acceptors (Lipinski definition) is 4. The monoisotopic (exact) mass is 387 g/mol. The average Bonchev–Trinajstić information content (AvgIpc) is 3.21. The van der Waals surface area contributed by atoms with E-state index in [1.807, 2.05) is 24.3 Å². The molecular weight excluding hydrogens is 366 g/mol. The first-order valence-electron chi connectivity index (χ1n) is 8.90. The van der Waals surface area contributed by atoms with Gasteiger partial charge in [-0.1, -0.05) is 11.6 Å². The number of halogens is 1. The highest BCUT2D eigenvalue weighted by molar-refractivity contribution is 6.30. The Labute approximate surface area is 163 Å². The van der Waals surface area contributed by atoms with E-state index in [4.69, 9.17) is 16.3 Å². The summed E-state index contributed by atoms with van der Waals surface area (Å²) >= 11 is 5.79. The van der Waals surface area contributed by atoms with E-state index in [9.17, 15) is 9.59 Å². The van der Waals surface area contributed by atoms with Crippen molar-refractivity contribution >= 4 is 34.8 Å². The number of carbonyl (C=O) groups is 2. The number of rotatable bonds is 7. The first kappa shape index (κ1) is 19.0. The predicted octanol–water partition coefficient (Wildman–Crippen LogP) is 3.07. The fourth-order valence-corrected chi connectivity index (χ4v) is 2.97. The quantitative estimate of drug-likeness (QED) is 0.766. The summed E-state index contributed by atoms with van der Waals surface area (Å²) < 4.78 is 5.33. The van der Waals surface area contributed by atoms with Gasteiger partial charge in [0.25, 0.3) is 5.91 Å². The van der Waals surface area contributed by atoms with Gasteiger partial charge >= 0.3 is 0 Å². The summed E-state index contributed by atoms with van der Waals surface area (Å²) in [5.74, 6) is -0.120. The molecule has 0 radical (unpaired) electrons. The van der Waals surface area contributed by atoms with Crippen molar-refractivity contribution in [2.24, 2.45) is 0 Å². The Bertz CT molecular complexity index is 772. The molecule has 1 heterocycles. The lowest BCUT2D eigenvalue weighted by Gasteiger charge is -2.17. The Kier molecular flexibility index (Phi) is 6.54. The second-order valence-electron chi connectivity index (χ2n) is 6.31. The molecule has 27 heavy (non-hydrogen) atoms.